The number of hydrogen-bond donors (Lipinski definition) is 1. The molecule has 1 heterocycles. The molecule has 15 heavy (non-hydrogen) atoms. The van der Waals surface area contributed by atoms with Crippen LogP contribution in [0.5, 0.6) is 0 Å². The van der Waals surface area contributed by atoms with Gasteiger partial charge in [-0.2, -0.15) is 0 Å². The molecule has 4 heteroatoms. The Labute approximate surface area is 91.0 Å². The minimum atomic E-state index is 0.151. The van der Waals surface area contributed by atoms with Crippen molar-refractivity contribution in [1.82, 2.24) is 10.2 Å². The molecule has 1 saturated heterocycles. The SMILES string of the molecule is CN(CC(=O)NC1CC1)CC1CCCO1. The van der Waals surface area contributed by atoms with E-state index in [2.05, 4.69) is 5.32 Å². The molecule has 2 aliphatic rings. The average molecular weight is 212 g/mol. The van der Waals surface area contributed by atoms with Gasteiger partial charge in [0.05, 0.1) is 12.6 Å². The minimum Gasteiger partial charge on any atom is -0.377 e. The molecule has 0 aromatic heterocycles. The summed E-state index contributed by atoms with van der Waals surface area (Å²) in [6, 6.07) is 0.466. The third-order valence-corrected chi connectivity index (χ3v) is 2.90. The summed E-state index contributed by atoms with van der Waals surface area (Å²) in [5.41, 5.74) is 0. The van der Waals surface area contributed by atoms with Crippen LogP contribution in [0.15, 0.2) is 0 Å². The van der Waals surface area contributed by atoms with Gasteiger partial charge in [0.15, 0.2) is 0 Å². The second kappa shape index (κ2) is 4.94. The summed E-state index contributed by atoms with van der Waals surface area (Å²) in [6.45, 7) is 2.25. The van der Waals surface area contributed by atoms with Crippen LogP contribution in [0.4, 0.5) is 0 Å². The van der Waals surface area contributed by atoms with Crippen LogP contribution < -0.4 is 5.32 Å². The van der Waals surface area contributed by atoms with Crippen LogP contribution >= 0.6 is 0 Å². The second-order valence-electron chi connectivity index (χ2n) is 4.67. The number of carbonyl (C=O) groups excluding carboxylic acids is 1. The number of hydrogen-bond acceptors (Lipinski definition) is 3. The molecule has 1 N–H and O–H groups in total. The zero-order valence-corrected chi connectivity index (χ0v) is 9.37. The van der Waals surface area contributed by atoms with Gasteiger partial charge in [-0.1, -0.05) is 0 Å². The molecule has 0 aromatic rings. The molecule has 0 radical (unpaired) electrons. The first kappa shape index (κ1) is 10.9. The lowest BCUT2D eigenvalue weighted by Gasteiger charge is -2.19. The summed E-state index contributed by atoms with van der Waals surface area (Å²) < 4.78 is 5.53. The monoisotopic (exact) mass is 212 g/mol. The first-order valence-electron chi connectivity index (χ1n) is 5.83. The molecule has 1 atom stereocenters. The third kappa shape index (κ3) is 3.80. The lowest BCUT2D eigenvalue weighted by atomic mass is 10.2. The number of ether oxygens (including phenoxy) is 1. The third-order valence-electron chi connectivity index (χ3n) is 2.90. The molecule has 1 aliphatic carbocycles. The zero-order valence-electron chi connectivity index (χ0n) is 9.37. The predicted molar refractivity (Wildman–Crippen MR) is 57.6 cm³/mol. The second-order valence-corrected chi connectivity index (χ2v) is 4.67. The number of nitrogens with zero attached hydrogens (tertiary/aromatic N) is 1. The van der Waals surface area contributed by atoms with E-state index < -0.39 is 0 Å². The molecule has 2 rings (SSSR count). The fraction of sp³-hybridized carbons (Fsp3) is 0.909. The van der Waals surface area contributed by atoms with Crippen molar-refractivity contribution in [2.75, 3.05) is 26.7 Å². The maximum atomic E-state index is 11.5. The van der Waals surface area contributed by atoms with E-state index in [4.69, 9.17) is 4.74 Å². The highest BCUT2D eigenvalue weighted by molar-refractivity contribution is 5.78. The van der Waals surface area contributed by atoms with Crippen molar-refractivity contribution in [2.24, 2.45) is 0 Å². The van der Waals surface area contributed by atoms with E-state index >= 15 is 0 Å². The smallest absolute Gasteiger partial charge is 0.234 e. The van der Waals surface area contributed by atoms with Crippen LogP contribution in [0.25, 0.3) is 0 Å². The first-order valence-corrected chi connectivity index (χ1v) is 5.83. The lowest BCUT2D eigenvalue weighted by molar-refractivity contribution is -0.122. The Balaban J connectivity index is 1.61. The molecule has 2 fully saturated rings. The molecule has 86 valence electrons. The highest BCUT2D eigenvalue weighted by Gasteiger charge is 2.24. The summed E-state index contributed by atoms with van der Waals surface area (Å²) >= 11 is 0. The van der Waals surface area contributed by atoms with E-state index in [-0.39, 0.29) is 5.91 Å². The number of nitrogens with one attached hydrogen (secondary N) is 1. The minimum absolute atomic E-state index is 0.151. The average Bonchev–Trinajstić information content (AvgIpc) is 2.80. The number of amides is 1. The van der Waals surface area contributed by atoms with Crippen LogP contribution in [0.2, 0.25) is 0 Å². The van der Waals surface area contributed by atoms with E-state index in [9.17, 15) is 4.79 Å². The van der Waals surface area contributed by atoms with Crippen molar-refractivity contribution in [3.8, 4) is 0 Å². The Morgan fingerprint density at radius 1 is 1.47 bits per heavy atom. The first-order chi connectivity index (χ1) is 7.24. The van der Waals surface area contributed by atoms with E-state index in [1.165, 1.54) is 0 Å². The van der Waals surface area contributed by atoms with Crippen LogP contribution in [-0.2, 0) is 9.53 Å². The molecular formula is C11H20N2O2. The van der Waals surface area contributed by atoms with Gasteiger partial charge in [-0.25, -0.2) is 0 Å². The fourth-order valence-corrected chi connectivity index (χ4v) is 1.95. The largest absolute Gasteiger partial charge is 0.377 e. The predicted octanol–water partition coefficient (Wildman–Crippen LogP) is 0.376. The summed E-state index contributed by atoms with van der Waals surface area (Å²) in [6.07, 6.45) is 4.94. The standard InChI is InChI=1S/C11H20N2O2/c1-13(7-10-3-2-6-15-10)8-11(14)12-9-4-5-9/h9-10H,2-8H2,1H3,(H,12,14). The quantitative estimate of drug-likeness (QED) is 0.716. The van der Waals surface area contributed by atoms with Crippen molar-refractivity contribution >= 4 is 5.91 Å². The van der Waals surface area contributed by atoms with Crippen molar-refractivity contribution in [3.05, 3.63) is 0 Å². The van der Waals surface area contributed by atoms with Gasteiger partial charge in [0.1, 0.15) is 0 Å². The van der Waals surface area contributed by atoms with Crippen molar-refractivity contribution in [1.29, 1.82) is 0 Å². The van der Waals surface area contributed by atoms with Crippen molar-refractivity contribution in [2.45, 2.75) is 37.8 Å². The summed E-state index contributed by atoms with van der Waals surface area (Å²) in [4.78, 5) is 13.5. The number of carbonyl (C=O) groups is 1. The molecule has 1 aliphatic heterocycles. The summed E-state index contributed by atoms with van der Waals surface area (Å²) in [7, 11) is 1.98. The van der Waals surface area contributed by atoms with Gasteiger partial charge in [-0.05, 0) is 32.7 Å². The van der Waals surface area contributed by atoms with E-state index in [0.717, 1.165) is 38.8 Å². The molecule has 1 amide bonds. The molecule has 0 aromatic carbocycles. The highest BCUT2D eigenvalue weighted by atomic mass is 16.5. The van der Waals surface area contributed by atoms with Gasteiger partial charge in [0.2, 0.25) is 5.91 Å². The van der Waals surface area contributed by atoms with Crippen LogP contribution in [-0.4, -0.2) is 49.7 Å². The maximum absolute atomic E-state index is 11.5. The van der Waals surface area contributed by atoms with Crippen LogP contribution in [0, 0.1) is 0 Å². The van der Waals surface area contributed by atoms with E-state index in [1.54, 1.807) is 0 Å². The Kier molecular flexibility index (Phi) is 3.59. The van der Waals surface area contributed by atoms with E-state index in [0.29, 0.717) is 18.7 Å². The van der Waals surface area contributed by atoms with Crippen LogP contribution in [0.1, 0.15) is 25.7 Å². The normalized spacial score (nSPS) is 25.9. The zero-order chi connectivity index (χ0) is 10.7. The molecule has 0 spiro atoms. The summed E-state index contributed by atoms with van der Waals surface area (Å²) in [5, 5.41) is 2.99. The molecule has 1 unspecified atom stereocenters. The number of likely N-dealkylation sites (N-methyl/N-ethyl adjacent to an activating group) is 1. The van der Waals surface area contributed by atoms with Gasteiger partial charge in [0.25, 0.3) is 0 Å². The fourth-order valence-electron chi connectivity index (χ4n) is 1.95. The topological polar surface area (TPSA) is 41.6 Å². The highest BCUT2D eigenvalue weighted by Crippen LogP contribution is 2.18. The van der Waals surface area contributed by atoms with Crippen LogP contribution in [0.3, 0.4) is 0 Å². The van der Waals surface area contributed by atoms with Gasteiger partial charge in [-0.3, -0.25) is 9.69 Å². The van der Waals surface area contributed by atoms with Crippen molar-refractivity contribution < 1.29 is 9.53 Å². The maximum Gasteiger partial charge on any atom is 0.234 e. The summed E-state index contributed by atoms with van der Waals surface area (Å²) in [5.74, 6) is 0.151. The molecule has 0 bridgehead atoms. The van der Waals surface area contributed by atoms with Gasteiger partial charge < -0.3 is 10.1 Å². The Morgan fingerprint density at radius 2 is 2.27 bits per heavy atom. The van der Waals surface area contributed by atoms with Gasteiger partial charge in [-0.15, -0.1) is 0 Å². The Bertz CT molecular complexity index is 223. The van der Waals surface area contributed by atoms with Gasteiger partial charge >= 0.3 is 0 Å². The molecular weight excluding hydrogens is 192 g/mol. The Hall–Kier alpha value is -0.610. The number of rotatable bonds is 5. The Morgan fingerprint density at radius 3 is 2.87 bits per heavy atom. The lowest BCUT2D eigenvalue weighted by Crippen LogP contribution is -2.39. The van der Waals surface area contributed by atoms with Crippen molar-refractivity contribution in [3.63, 3.8) is 0 Å². The molecule has 4 nitrogen and oxygen atoms in total. The van der Waals surface area contributed by atoms with E-state index in [1.807, 2.05) is 11.9 Å². The molecule has 1 saturated carbocycles. The van der Waals surface area contributed by atoms with Gasteiger partial charge in [0, 0.05) is 19.2 Å².